The fourth-order valence-electron chi connectivity index (χ4n) is 4.50. The van der Waals surface area contributed by atoms with Gasteiger partial charge in [0.1, 0.15) is 0 Å². The minimum absolute atomic E-state index is 0.109. The van der Waals surface area contributed by atoms with Crippen molar-refractivity contribution < 1.29 is 19.1 Å². The van der Waals surface area contributed by atoms with E-state index < -0.39 is 23.3 Å². The molecule has 0 radical (unpaired) electrons. The van der Waals surface area contributed by atoms with E-state index >= 15 is 0 Å². The van der Waals surface area contributed by atoms with Crippen LogP contribution in [0.5, 0.6) is 0 Å². The number of nitrogens with one attached hydrogen (secondary N) is 1. The van der Waals surface area contributed by atoms with Gasteiger partial charge in [-0.05, 0) is 30.5 Å². The molecule has 2 saturated heterocycles. The lowest BCUT2D eigenvalue weighted by atomic mass is 9.68. The molecule has 0 saturated carbocycles. The predicted molar refractivity (Wildman–Crippen MR) is 95.1 cm³/mol. The number of hydrogen-bond acceptors (Lipinski definition) is 5. The Bertz CT molecular complexity index is 799. The van der Waals surface area contributed by atoms with Gasteiger partial charge in [0.05, 0.1) is 19.2 Å². The van der Waals surface area contributed by atoms with Gasteiger partial charge < -0.3 is 9.64 Å². The highest BCUT2D eigenvalue weighted by atomic mass is 35.5. The highest BCUT2D eigenvalue weighted by Gasteiger charge is 2.62. The normalized spacial score (nSPS) is 27.6. The Balaban J connectivity index is 1.83. The van der Waals surface area contributed by atoms with Crippen molar-refractivity contribution >= 4 is 35.1 Å². The molecule has 3 aliphatic heterocycles. The third-order valence-electron chi connectivity index (χ3n) is 5.70. The summed E-state index contributed by atoms with van der Waals surface area (Å²) in [7, 11) is 1.50. The minimum atomic E-state index is -1.34. The first-order valence-electron chi connectivity index (χ1n) is 8.71. The van der Waals surface area contributed by atoms with Gasteiger partial charge in [0.2, 0.25) is 11.8 Å². The first-order chi connectivity index (χ1) is 12.5. The SMILES string of the molecule is COCCN1C(=O)NC(=O)[C@]2(Cc3c(Cl)cccc3N3CCC[C@@H]32)C1=O. The van der Waals surface area contributed by atoms with Crippen molar-refractivity contribution in [2.45, 2.75) is 25.3 Å². The largest absolute Gasteiger partial charge is 0.383 e. The van der Waals surface area contributed by atoms with Crippen molar-refractivity contribution in [1.82, 2.24) is 10.2 Å². The molecule has 3 heterocycles. The fourth-order valence-corrected chi connectivity index (χ4v) is 4.73. The Hall–Kier alpha value is -2.12. The molecule has 0 bridgehead atoms. The zero-order chi connectivity index (χ0) is 18.5. The van der Waals surface area contributed by atoms with E-state index in [2.05, 4.69) is 10.2 Å². The van der Waals surface area contributed by atoms with E-state index in [1.54, 1.807) is 6.07 Å². The number of nitrogens with zero attached hydrogens (tertiary/aromatic N) is 2. The number of benzene rings is 1. The van der Waals surface area contributed by atoms with Gasteiger partial charge >= 0.3 is 6.03 Å². The molecule has 0 unspecified atom stereocenters. The molecule has 1 N–H and O–H groups in total. The van der Waals surface area contributed by atoms with Gasteiger partial charge in [-0.15, -0.1) is 0 Å². The predicted octanol–water partition coefficient (Wildman–Crippen LogP) is 1.58. The van der Waals surface area contributed by atoms with Crippen molar-refractivity contribution in [3.63, 3.8) is 0 Å². The molecule has 1 spiro atoms. The monoisotopic (exact) mass is 377 g/mol. The Kier molecular flexibility index (Phi) is 4.16. The van der Waals surface area contributed by atoms with E-state index in [1.807, 2.05) is 12.1 Å². The zero-order valence-corrected chi connectivity index (χ0v) is 15.2. The van der Waals surface area contributed by atoms with Gasteiger partial charge in [-0.1, -0.05) is 17.7 Å². The quantitative estimate of drug-likeness (QED) is 0.809. The van der Waals surface area contributed by atoms with Gasteiger partial charge in [0.25, 0.3) is 0 Å². The van der Waals surface area contributed by atoms with Crippen LogP contribution in [0.2, 0.25) is 5.02 Å². The molecule has 0 aliphatic carbocycles. The molecule has 0 aromatic heterocycles. The first kappa shape index (κ1) is 17.3. The number of amides is 4. The van der Waals surface area contributed by atoms with Crippen molar-refractivity contribution in [2.24, 2.45) is 5.41 Å². The molecule has 138 valence electrons. The number of hydrogen-bond donors (Lipinski definition) is 1. The van der Waals surface area contributed by atoms with Gasteiger partial charge in [0.15, 0.2) is 5.41 Å². The van der Waals surface area contributed by atoms with Crippen LogP contribution in [0.4, 0.5) is 10.5 Å². The van der Waals surface area contributed by atoms with E-state index in [0.29, 0.717) is 5.02 Å². The van der Waals surface area contributed by atoms with Crippen molar-refractivity contribution in [1.29, 1.82) is 0 Å². The topological polar surface area (TPSA) is 79.0 Å². The molecule has 7 nitrogen and oxygen atoms in total. The first-order valence-corrected chi connectivity index (χ1v) is 9.09. The van der Waals surface area contributed by atoms with Gasteiger partial charge in [-0.2, -0.15) is 0 Å². The Morgan fingerprint density at radius 3 is 2.92 bits per heavy atom. The van der Waals surface area contributed by atoms with Crippen LogP contribution in [0.25, 0.3) is 0 Å². The molecular formula is C18H20ClN3O4. The summed E-state index contributed by atoms with van der Waals surface area (Å²) in [5.74, 6) is -0.977. The van der Waals surface area contributed by atoms with E-state index in [0.717, 1.165) is 35.5 Å². The number of imide groups is 2. The molecule has 2 atom stereocenters. The summed E-state index contributed by atoms with van der Waals surface area (Å²) in [5.41, 5.74) is 0.430. The maximum atomic E-state index is 13.4. The standard InChI is InChI=1S/C18H20ClN3O4/c1-26-9-8-22-16(24)18(15(23)20-17(22)25)10-11-12(19)4-2-5-13(11)21-7-3-6-14(18)21/h2,4-5,14H,3,6-10H2,1H3,(H,20,23,25)/t14-,18-/m1/s1. The number of carbonyl (C=O) groups excluding carboxylic acids is 3. The Morgan fingerprint density at radius 2 is 2.15 bits per heavy atom. The number of anilines is 1. The average Bonchev–Trinajstić information content (AvgIpc) is 3.11. The Morgan fingerprint density at radius 1 is 1.35 bits per heavy atom. The van der Waals surface area contributed by atoms with E-state index in [1.165, 1.54) is 7.11 Å². The van der Waals surface area contributed by atoms with Crippen LogP contribution in [-0.4, -0.2) is 55.6 Å². The number of carbonyl (C=O) groups is 3. The van der Waals surface area contributed by atoms with Crippen molar-refractivity contribution in [2.75, 3.05) is 31.7 Å². The average molecular weight is 378 g/mol. The number of barbiturate groups is 1. The van der Waals surface area contributed by atoms with Crippen LogP contribution in [0.15, 0.2) is 18.2 Å². The summed E-state index contributed by atoms with van der Waals surface area (Å²) in [6.07, 6.45) is 1.80. The van der Waals surface area contributed by atoms with Gasteiger partial charge in [-0.25, -0.2) is 4.79 Å². The molecule has 1 aromatic rings. The summed E-state index contributed by atoms with van der Waals surface area (Å²) in [4.78, 5) is 41.8. The molecule has 1 aromatic carbocycles. The third-order valence-corrected chi connectivity index (χ3v) is 6.05. The number of ether oxygens (including phenoxy) is 1. The van der Waals surface area contributed by atoms with Gasteiger partial charge in [-0.3, -0.25) is 19.8 Å². The summed E-state index contributed by atoms with van der Waals surface area (Å²) in [5, 5.41) is 2.93. The highest BCUT2D eigenvalue weighted by molar-refractivity contribution is 6.32. The summed E-state index contributed by atoms with van der Waals surface area (Å²) in [6, 6.07) is 4.66. The molecule has 8 heteroatoms. The minimum Gasteiger partial charge on any atom is -0.383 e. The van der Waals surface area contributed by atoms with Crippen LogP contribution in [0, 0.1) is 5.41 Å². The lowest BCUT2D eigenvalue weighted by molar-refractivity contribution is -0.153. The summed E-state index contributed by atoms with van der Waals surface area (Å²) >= 11 is 6.41. The van der Waals surface area contributed by atoms with Crippen molar-refractivity contribution in [3.8, 4) is 0 Å². The number of halogens is 1. The molecule has 2 fully saturated rings. The van der Waals surface area contributed by atoms with Crippen LogP contribution in [-0.2, 0) is 20.7 Å². The summed E-state index contributed by atoms with van der Waals surface area (Å²) < 4.78 is 5.02. The van der Waals surface area contributed by atoms with Crippen LogP contribution < -0.4 is 10.2 Å². The van der Waals surface area contributed by atoms with E-state index in [4.69, 9.17) is 16.3 Å². The maximum absolute atomic E-state index is 13.4. The molecule has 4 rings (SSSR count). The van der Waals surface area contributed by atoms with Crippen molar-refractivity contribution in [3.05, 3.63) is 28.8 Å². The number of methoxy groups -OCH3 is 1. The highest BCUT2D eigenvalue weighted by Crippen LogP contribution is 2.49. The van der Waals surface area contributed by atoms with Crippen LogP contribution in [0.3, 0.4) is 0 Å². The van der Waals surface area contributed by atoms with Gasteiger partial charge in [0, 0.05) is 30.8 Å². The summed E-state index contributed by atoms with van der Waals surface area (Å²) in [6.45, 7) is 1.08. The van der Waals surface area contributed by atoms with Crippen LogP contribution >= 0.6 is 11.6 Å². The smallest absolute Gasteiger partial charge is 0.330 e. The van der Waals surface area contributed by atoms with E-state index in [-0.39, 0.29) is 25.6 Å². The second kappa shape index (κ2) is 6.25. The Labute approximate surface area is 156 Å². The molecule has 3 aliphatic rings. The zero-order valence-electron chi connectivity index (χ0n) is 14.5. The van der Waals surface area contributed by atoms with Crippen LogP contribution in [0.1, 0.15) is 18.4 Å². The fraction of sp³-hybridized carbons (Fsp3) is 0.500. The lowest BCUT2D eigenvalue weighted by Crippen LogP contribution is -2.71. The number of fused-ring (bicyclic) bond motifs is 4. The third kappa shape index (κ3) is 2.27. The second-order valence-electron chi connectivity index (χ2n) is 6.95. The molecular weight excluding hydrogens is 358 g/mol. The maximum Gasteiger partial charge on any atom is 0.330 e. The molecule has 4 amide bonds. The second-order valence-corrected chi connectivity index (χ2v) is 7.35. The van der Waals surface area contributed by atoms with E-state index in [9.17, 15) is 14.4 Å². The lowest BCUT2D eigenvalue weighted by Gasteiger charge is -2.49. The number of rotatable bonds is 3. The molecule has 26 heavy (non-hydrogen) atoms. The number of urea groups is 1.